The molecule has 5 heteroatoms. The van der Waals surface area contributed by atoms with Gasteiger partial charge in [0, 0.05) is 32.8 Å². The summed E-state index contributed by atoms with van der Waals surface area (Å²) in [6, 6.07) is 0. The molecule has 0 aliphatic heterocycles. The number of aliphatic hydroxyl groups is 2. The van der Waals surface area contributed by atoms with Gasteiger partial charge >= 0.3 is 0 Å². The van der Waals surface area contributed by atoms with Crippen LogP contribution in [0.25, 0.3) is 0 Å². The number of Topliss-reactive ketones (excluding diaryl/α,β-unsaturated/α-hetero) is 2. The van der Waals surface area contributed by atoms with Crippen LogP contribution < -0.4 is 0 Å². The molecule has 36 heavy (non-hydrogen) atoms. The summed E-state index contributed by atoms with van der Waals surface area (Å²) in [7, 11) is 1.00. The Morgan fingerprint density at radius 3 is 1.00 bits per heavy atom. The maximum absolute atomic E-state index is 11.5. The number of unbranched alkanes of at least 4 members (excludes halogenated alkanes) is 13. The number of hydrogen-bond donors (Lipinski definition) is 2. The van der Waals surface area contributed by atoms with E-state index < -0.39 is 0 Å². The Morgan fingerprint density at radius 1 is 0.500 bits per heavy atom. The highest BCUT2D eigenvalue weighted by atomic mass is 16.3. The van der Waals surface area contributed by atoms with E-state index in [0.717, 1.165) is 32.8 Å². The Hall–Kier alpha value is -1.49. The lowest BCUT2D eigenvalue weighted by atomic mass is 10.0. The van der Waals surface area contributed by atoms with Crippen molar-refractivity contribution < 1.29 is 24.6 Å². The fourth-order valence-electron chi connectivity index (χ4n) is 3.21. The predicted octanol–water partition coefficient (Wildman–Crippen LogP) is 9.74. The Balaban J connectivity index is -0.000000199. The summed E-state index contributed by atoms with van der Waals surface area (Å²) in [4.78, 5) is 30.4. The first-order chi connectivity index (χ1) is 17.5. The molecule has 0 aliphatic carbocycles. The normalized spacial score (nSPS) is 8.58. The molecular formula is C31H66O5. The van der Waals surface area contributed by atoms with E-state index in [-0.39, 0.29) is 11.6 Å². The zero-order valence-corrected chi connectivity index (χ0v) is 25.8. The highest BCUT2D eigenvalue weighted by Crippen LogP contribution is 2.14. The van der Waals surface area contributed by atoms with Crippen LogP contribution in [-0.2, 0) is 14.4 Å². The average Bonchev–Trinajstić information content (AvgIpc) is 2.92. The molecule has 0 amide bonds. The van der Waals surface area contributed by atoms with Gasteiger partial charge in [-0.15, -0.1) is 0 Å². The summed E-state index contributed by atoms with van der Waals surface area (Å²) in [6.07, 6.45) is 19.9. The van der Waals surface area contributed by atoms with Crippen molar-refractivity contribution in [1.82, 2.24) is 0 Å². The van der Waals surface area contributed by atoms with Crippen molar-refractivity contribution in [3.05, 3.63) is 12.3 Å². The number of allylic oxidation sites excluding steroid dienone is 1. The smallest absolute Gasteiger partial charge is 0.133 e. The molecule has 0 rings (SSSR count). The van der Waals surface area contributed by atoms with E-state index in [1.807, 2.05) is 48.3 Å². The molecule has 0 saturated carbocycles. The molecule has 0 radical (unpaired) electrons. The van der Waals surface area contributed by atoms with Crippen LogP contribution in [0.4, 0.5) is 0 Å². The fourth-order valence-corrected chi connectivity index (χ4v) is 3.21. The molecule has 5 nitrogen and oxygen atoms in total. The fraction of sp³-hybridized carbons (Fsp3) is 0.839. The van der Waals surface area contributed by atoms with Crippen LogP contribution in [0.1, 0.15) is 164 Å². The Bertz CT molecular complexity index is 394. The van der Waals surface area contributed by atoms with Crippen LogP contribution in [0.2, 0.25) is 0 Å². The van der Waals surface area contributed by atoms with Gasteiger partial charge in [0.25, 0.3) is 0 Å². The number of hydrogen-bond acceptors (Lipinski definition) is 5. The highest BCUT2D eigenvalue weighted by Gasteiger charge is 2.03. The summed E-state index contributed by atoms with van der Waals surface area (Å²) >= 11 is 0. The number of carbonyl (C=O) groups is 3. The minimum atomic E-state index is 0.114. The van der Waals surface area contributed by atoms with Gasteiger partial charge in [0.15, 0.2) is 0 Å². The van der Waals surface area contributed by atoms with Gasteiger partial charge in [0.2, 0.25) is 0 Å². The zero-order chi connectivity index (χ0) is 29.5. The van der Waals surface area contributed by atoms with Crippen molar-refractivity contribution in [2.24, 2.45) is 0 Å². The molecule has 0 spiro atoms. The number of aliphatic hydroxyl groups excluding tert-OH is 2. The molecule has 0 aromatic rings. The van der Waals surface area contributed by atoms with E-state index in [1.165, 1.54) is 70.6 Å². The third-order valence-electron chi connectivity index (χ3n) is 4.93. The van der Waals surface area contributed by atoms with Gasteiger partial charge in [-0.1, -0.05) is 125 Å². The summed E-state index contributed by atoms with van der Waals surface area (Å²) in [5.41, 5.74) is 0. The molecule has 0 aromatic carbocycles. The predicted molar refractivity (Wildman–Crippen MR) is 160 cm³/mol. The van der Waals surface area contributed by atoms with Crippen LogP contribution >= 0.6 is 0 Å². The van der Waals surface area contributed by atoms with Crippen LogP contribution in [-0.4, -0.2) is 35.7 Å². The van der Waals surface area contributed by atoms with E-state index in [0.29, 0.717) is 25.0 Å². The van der Waals surface area contributed by atoms with Gasteiger partial charge < -0.3 is 19.8 Å². The summed E-state index contributed by atoms with van der Waals surface area (Å²) in [6.45, 7) is 19.1. The quantitative estimate of drug-likeness (QED) is 0.124. The lowest BCUT2D eigenvalue weighted by molar-refractivity contribution is -0.123. The molecule has 0 aromatic heterocycles. The van der Waals surface area contributed by atoms with Gasteiger partial charge in [-0.3, -0.25) is 4.79 Å². The maximum Gasteiger partial charge on any atom is 0.133 e. The Kier molecular flexibility index (Phi) is 72.1. The first-order valence-electron chi connectivity index (χ1n) is 14.6. The Morgan fingerprint density at radius 2 is 0.750 bits per heavy atom. The van der Waals surface area contributed by atoms with Gasteiger partial charge in [-0.05, 0) is 19.8 Å². The lowest BCUT2D eigenvalue weighted by Crippen LogP contribution is -2.01. The zero-order valence-electron chi connectivity index (χ0n) is 25.8. The van der Waals surface area contributed by atoms with Crippen LogP contribution in [0.3, 0.4) is 0 Å². The van der Waals surface area contributed by atoms with Crippen LogP contribution in [0.5, 0.6) is 0 Å². The standard InChI is InChI=1S/C23H42O3.3C2H6.CH4O.CH2O/c1-21(24)17-15-13-11-9-7-5-3-4-6-8-10-12-14-16-18-23(26)20-19-22(2)25;5*1-2/h24H,1,3-20H2,2H3;3*1-2H3;2H,1H3;1H2. The first-order valence-corrected chi connectivity index (χ1v) is 14.6. The molecule has 0 fully saturated rings. The molecule has 220 valence electrons. The van der Waals surface area contributed by atoms with Crippen LogP contribution in [0.15, 0.2) is 12.3 Å². The van der Waals surface area contributed by atoms with Crippen molar-refractivity contribution in [1.29, 1.82) is 0 Å². The second-order valence-electron chi connectivity index (χ2n) is 7.76. The van der Waals surface area contributed by atoms with Crippen molar-refractivity contribution in [3.63, 3.8) is 0 Å². The van der Waals surface area contributed by atoms with E-state index in [1.54, 1.807) is 6.92 Å². The van der Waals surface area contributed by atoms with Crippen LogP contribution in [0, 0.1) is 0 Å². The maximum atomic E-state index is 11.5. The second kappa shape index (κ2) is 54.4. The summed E-state index contributed by atoms with van der Waals surface area (Å²) in [5.74, 6) is 0.685. The third-order valence-corrected chi connectivity index (χ3v) is 4.93. The Labute approximate surface area is 226 Å². The van der Waals surface area contributed by atoms with Crippen molar-refractivity contribution >= 4 is 18.4 Å². The average molecular weight is 519 g/mol. The second-order valence-corrected chi connectivity index (χ2v) is 7.76. The molecule has 0 heterocycles. The topological polar surface area (TPSA) is 91.7 Å². The number of rotatable bonds is 20. The van der Waals surface area contributed by atoms with Gasteiger partial charge in [0.1, 0.15) is 18.4 Å². The highest BCUT2D eigenvalue weighted by molar-refractivity contribution is 5.84. The van der Waals surface area contributed by atoms with E-state index in [9.17, 15) is 9.59 Å². The monoisotopic (exact) mass is 518 g/mol. The molecule has 0 aliphatic rings. The number of carbonyl (C=O) groups excluding carboxylic acids is 3. The first kappa shape index (κ1) is 47.7. The molecule has 2 N–H and O–H groups in total. The van der Waals surface area contributed by atoms with Gasteiger partial charge in [-0.2, -0.15) is 0 Å². The van der Waals surface area contributed by atoms with Crippen molar-refractivity contribution in [2.45, 2.75) is 164 Å². The summed E-state index contributed by atoms with van der Waals surface area (Å²) in [5, 5.41) is 16.0. The molecule has 0 saturated heterocycles. The minimum Gasteiger partial charge on any atom is -0.513 e. The van der Waals surface area contributed by atoms with Gasteiger partial charge in [-0.25, -0.2) is 0 Å². The van der Waals surface area contributed by atoms with E-state index >= 15 is 0 Å². The molecule has 0 unspecified atom stereocenters. The minimum absolute atomic E-state index is 0.114. The van der Waals surface area contributed by atoms with E-state index in [2.05, 4.69) is 6.58 Å². The molecule has 0 atom stereocenters. The lowest BCUT2D eigenvalue weighted by Gasteiger charge is -2.04. The molecular weight excluding hydrogens is 452 g/mol. The summed E-state index contributed by atoms with van der Waals surface area (Å²) < 4.78 is 0. The SMILES string of the molecule is C=C(O)CCCCCCCCCCCCCCCCC(=O)CCC(C)=O.C=O.CC.CC.CC.CO. The third kappa shape index (κ3) is 63.7. The van der Waals surface area contributed by atoms with E-state index in [4.69, 9.17) is 15.0 Å². The largest absolute Gasteiger partial charge is 0.513 e. The van der Waals surface area contributed by atoms with Crippen molar-refractivity contribution in [3.8, 4) is 0 Å². The number of ketones is 2. The van der Waals surface area contributed by atoms with Crippen molar-refractivity contribution in [2.75, 3.05) is 7.11 Å². The van der Waals surface area contributed by atoms with Gasteiger partial charge in [0.05, 0.1) is 5.76 Å². The molecule has 0 bridgehead atoms.